The Balaban J connectivity index is 1.51. The van der Waals surface area contributed by atoms with Crippen molar-refractivity contribution in [3.8, 4) is 0 Å². The minimum atomic E-state index is 0.288. The summed E-state index contributed by atoms with van der Waals surface area (Å²) in [5, 5.41) is 0. The van der Waals surface area contributed by atoms with E-state index in [-0.39, 0.29) is 5.78 Å². The molecular weight excluding hydrogens is 234 g/mol. The number of likely N-dealkylation sites (tertiary alicyclic amines) is 1. The van der Waals surface area contributed by atoms with Crippen LogP contribution in [-0.2, 0) is 0 Å². The van der Waals surface area contributed by atoms with Crippen LogP contribution >= 0.6 is 0 Å². The molecule has 102 valence electrons. The van der Waals surface area contributed by atoms with Crippen LogP contribution in [0.3, 0.4) is 0 Å². The maximum Gasteiger partial charge on any atom is 0.164 e. The van der Waals surface area contributed by atoms with E-state index in [1.807, 2.05) is 30.3 Å². The molecule has 1 saturated carbocycles. The van der Waals surface area contributed by atoms with Gasteiger partial charge in [0.2, 0.25) is 0 Å². The van der Waals surface area contributed by atoms with Crippen molar-refractivity contribution >= 4 is 5.78 Å². The molecule has 3 rings (SSSR count). The van der Waals surface area contributed by atoms with Gasteiger partial charge in [-0.05, 0) is 31.1 Å². The molecule has 2 atom stereocenters. The summed E-state index contributed by atoms with van der Waals surface area (Å²) in [6.45, 7) is 3.39. The number of rotatable bonds is 4. The lowest BCUT2D eigenvalue weighted by Gasteiger charge is -2.41. The van der Waals surface area contributed by atoms with Gasteiger partial charge < -0.3 is 4.90 Å². The van der Waals surface area contributed by atoms with E-state index in [9.17, 15) is 4.79 Å². The van der Waals surface area contributed by atoms with Gasteiger partial charge in [0.15, 0.2) is 5.78 Å². The molecule has 1 aromatic rings. The van der Waals surface area contributed by atoms with E-state index in [1.54, 1.807) is 0 Å². The summed E-state index contributed by atoms with van der Waals surface area (Å²) in [5.41, 5.74) is 0.861. The number of ketones is 1. The van der Waals surface area contributed by atoms with Crippen molar-refractivity contribution in [1.82, 2.24) is 4.90 Å². The van der Waals surface area contributed by atoms with Crippen molar-refractivity contribution in [3.05, 3.63) is 35.9 Å². The molecule has 1 saturated heterocycles. The predicted molar refractivity (Wildman–Crippen MR) is 77.3 cm³/mol. The summed E-state index contributed by atoms with van der Waals surface area (Å²) in [6, 6.07) is 9.69. The lowest BCUT2D eigenvalue weighted by Crippen LogP contribution is -2.43. The van der Waals surface area contributed by atoms with Gasteiger partial charge in [-0.3, -0.25) is 4.79 Å². The Morgan fingerprint density at radius 1 is 1.11 bits per heavy atom. The summed E-state index contributed by atoms with van der Waals surface area (Å²) in [7, 11) is 0. The van der Waals surface area contributed by atoms with Gasteiger partial charge in [0.05, 0.1) is 0 Å². The summed E-state index contributed by atoms with van der Waals surface area (Å²) in [5.74, 6) is 2.09. The van der Waals surface area contributed by atoms with Crippen molar-refractivity contribution in [2.24, 2.45) is 11.8 Å². The number of carbonyl (C=O) groups excluding carboxylic acids is 1. The zero-order valence-electron chi connectivity index (χ0n) is 11.6. The van der Waals surface area contributed by atoms with E-state index < -0.39 is 0 Å². The number of benzene rings is 1. The third-order valence-corrected chi connectivity index (χ3v) is 4.68. The molecule has 2 bridgehead atoms. The largest absolute Gasteiger partial charge is 0.302 e. The lowest BCUT2D eigenvalue weighted by atomic mass is 9.78. The second kappa shape index (κ2) is 5.87. The van der Waals surface area contributed by atoms with Crippen LogP contribution in [0.1, 0.15) is 42.5 Å². The van der Waals surface area contributed by atoms with Crippen LogP contribution in [0.2, 0.25) is 0 Å². The van der Waals surface area contributed by atoms with Crippen molar-refractivity contribution < 1.29 is 4.79 Å². The zero-order valence-corrected chi connectivity index (χ0v) is 11.6. The van der Waals surface area contributed by atoms with Crippen LogP contribution in [0.5, 0.6) is 0 Å². The van der Waals surface area contributed by atoms with E-state index >= 15 is 0 Å². The standard InChI is InChI=1S/C17H23NO/c19-17(16-7-2-1-3-8-16)9-10-18-12-14-5-4-6-15(11-14)13-18/h1-3,7-8,14-15H,4-6,9-13H2. The molecule has 2 fully saturated rings. The van der Waals surface area contributed by atoms with Gasteiger partial charge in [-0.2, -0.15) is 0 Å². The summed E-state index contributed by atoms with van der Waals surface area (Å²) < 4.78 is 0. The highest BCUT2D eigenvalue weighted by Crippen LogP contribution is 2.34. The fourth-order valence-corrected chi connectivity index (χ4v) is 3.75. The topological polar surface area (TPSA) is 20.3 Å². The fraction of sp³-hybridized carbons (Fsp3) is 0.588. The van der Waals surface area contributed by atoms with Crippen molar-refractivity contribution in [2.45, 2.75) is 32.1 Å². The Kier molecular flexibility index (Phi) is 3.97. The van der Waals surface area contributed by atoms with Gasteiger partial charge in [-0.25, -0.2) is 0 Å². The van der Waals surface area contributed by atoms with Gasteiger partial charge in [0, 0.05) is 31.6 Å². The highest BCUT2D eigenvalue weighted by molar-refractivity contribution is 5.96. The maximum atomic E-state index is 12.1. The Hall–Kier alpha value is -1.15. The van der Waals surface area contributed by atoms with Crippen molar-refractivity contribution in [2.75, 3.05) is 19.6 Å². The molecule has 1 heterocycles. The van der Waals surface area contributed by atoms with Gasteiger partial charge in [-0.15, -0.1) is 0 Å². The average molecular weight is 257 g/mol. The summed E-state index contributed by atoms with van der Waals surface area (Å²) in [4.78, 5) is 14.6. The first-order valence-corrected chi connectivity index (χ1v) is 7.62. The molecule has 1 aliphatic heterocycles. The smallest absolute Gasteiger partial charge is 0.164 e. The number of Topliss-reactive ketones (excluding diaryl/α,β-unsaturated/α-hetero) is 1. The molecule has 0 radical (unpaired) electrons. The molecule has 1 aliphatic carbocycles. The van der Waals surface area contributed by atoms with Crippen LogP contribution < -0.4 is 0 Å². The average Bonchev–Trinajstić information content (AvgIpc) is 2.45. The van der Waals surface area contributed by atoms with Crippen LogP contribution in [0.25, 0.3) is 0 Å². The van der Waals surface area contributed by atoms with E-state index in [0.29, 0.717) is 6.42 Å². The third kappa shape index (κ3) is 3.24. The van der Waals surface area contributed by atoms with E-state index in [0.717, 1.165) is 23.9 Å². The number of fused-ring (bicyclic) bond motifs is 2. The van der Waals surface area contributed by atoms with Gasteiger partial charge in [-0.1, -0.05) is 36.8 Å². The zero-order chi connectivity index (χ0) is 13.1. The Morgan fingerprint density at radius 2 is 1.79 bits per heavy atom. The highest BCUT2D eigenvalue weighted by Gasteiger charge is 2.30. The van der Waals surface area contributed by atoms with Crippen molar-refractivity contribution in [1.29, 1.82) is 0 Å². The summed E-state index contributed by atoms with van der Waals surface area (Å²) >= 11 is 0. The molecular formula is C17H23NO. The van der Waals surface area contributed by atoms with E-state index in [4.69, 9.17) is 0 Å². The molecule has 0 amide bonds. The monoisotopic (exact) mass is 257 g/mol. The van der Waals surface area contributed by atoms with Gasteiger partial charge >= 0.3 is 0 Å². The number of hydrogen-bond acceptors (Lipinski definition) is 2. The first-order chi connectivity index (χ1) is 9.31. The highest BCUT2D eigenvalue weighted by atomic mass is 16.1. The first kappa shape index (κ1) is 12.9. The van der Waals surface area contributed by atoms with Crippen LogP contribution in [-0.4, -0.2) is 30.3 Å². The van der Waals surface area contributed by atoms with Crippen molar-refractivity contribution in [3.63, 3.8) is 0 Å². The molecule has 2 heteroatoms. The molecule has 2 aliphatic rings. The van der Waals surface area contributed by atoms with Crippen LogP contribution in [0.4, 0.5) is 0 Å². The molecule has 0 N–H and O–H groups in total. The minimum Gasteiger partial charge on any atom is -0.302 e. The SMILES string of the molecule is O=C(CCN1CC2CCCC(C2)C1)c1ccccc1. The van der Waals surface area contributed by atoms with Crippen LogP contribution in [0, 0.1) is 11.8 Å². The maximum absolute atomic E-state index is 12.1. The number of nitrogens with zero attached hydrogens (tertiary/aromatic N) is 1. The van der Waals surface area contributed by atoms with Gasteiger partial charge in [0.1, 0.15) is 0 Å². The molecule has 2 unspecified atom stereocenters. The number of carbonyl (C=O) groups is 1. The summed E-state index contributed by atoms with van der Waals surface area (Å²) in [6.07, 6.45) is 6.33. The predicted octanol–water partition coefficient (Wildman–Crippen LogP) is 3.38. The molecule has 19 heavy (non-hydrogen) atoms. The third-order valence-electron chi connectivity index (χ3n) is 4.68. The minimum absolute atomic E-state index is 0.288. The number of hydrogen-bond donors (Lipinski definition) is 0. The molecule has 2 nitrogen and oxygen atoms in total. The lowest BCUT2D eigenvalue weighted by molar-refractivity contribution is 0.0776. The van der Waals surface area contributed by atoms with Gasteiger partial charge in [0.25, 0.3) is 0 Å². The Bertz CT molecular complexity index is 416. The Morgan fingerprint density at radius 3 is 2.47 bits per heavy atom. The molecule has 0 aromatic heterocycles. The molecule has 0 spiro atoms. The second-order valence-electron chi connectivity index (χ2n) is 6.20. The number of piperidine rings is 1. The second-order valence-corrected chi connectivity index (χ2v) is 6.20. The fourth-order valence-electron chi connectivity index (χ4n) is 3.75. The molecule has 1 aromatic carbocycles. The van der Waals surface area contributed by atoms with Crippen LogP contribution in [0.15, 0.2) is 30.3 Å². The quantitative estimate of drug-likeness (QED) is 0.771. The Labute approximate surface area is 115 Å². The van der Waals surface area contributed by atoms with E-state index in [2.05, 4.69) is 4.90 Å². The van der Waals surface area contributed by atoms with E-state index in [1.165, 1.54) is 38.8 Å². The first-order valence-electron chi connectivity index (χ1n) is 7.62. The normalized spacial score (nSPS) is 27.2.